The zero-order valence-corrected chi connectivity index (χ0v) is 10.7. The number of carbonyl (C=O) groups is 1. The second-order valence-corrected chi connectivity index (χ2v) is 5.40. The molecule has 0 saturated carbocycles. The van der Waals surface area contributed by atoms with E-state index in [9.17, 15) is 4.79 Å². The van der Waals surface area contributed by atoms with Gasteiger partial charge >= 0.3 is 13.5 Å². The van der Waals surface area contributed by atoms with E-state index in [-0.39, 0.29) is 10.7 Å². The first-order valence-electron chi connectivity index (χ1n) is 5.72. The summed E-state index contributed by atoms with van der Waals surface area (Å²) in [4.78, 5) is 11.1. The molecule has 4 N–H and O–H groups in total. The van der Waals surface area contributed by atoms with E-state index in [0.717, 1.165) is 17.0 Å². The van der Waals surface area contributed by atoms with E-state index in [1.165, 1.54) is 0 Å². The second kappa shape index (κ2) is 5.06. The fourth-order valence-electron chi connectivity index (χ4n) is 1.99. The molecule has 0 spiro atoms. The summed E-state index contributed by atoms with van der Waals surface area (Å²) < 4.78 is 5.52. The molecule has 2 heterocycles. The molecule has 3 rings (SSSR count). The summed E-state index contributed by atoms with van der Waals surface area (Å²) in [6, 6.07) is 5.20. The highest BCUT2D eigenvalue weighted by Crippen LogP contribution is 2.33. The molecular weight excluding hydrogens is 265 g/mol. The molecule has 0 fully saturated rings. The number of fused-ring (bicyclic) bond motifs is 1. The molecule has 1 atom stereocenters. The maximum absolute atomic E-state index is 11.1. The van der Waals surface area contributed by atoms with Crippen molar-refractivity contribution in [2.24, 2.45) is 0 Å². The van der Waals surface area contributed by atoms with Crippen LogP contribution in [0, 0.1) is 0 Å². The molecule has 0 aliphatic carbocycles. The van der Waals surface area contributed by atoms with Crippen molar-refractivity contribution >= 4 is 25.2 Å². The van der Waals surface area contributed by atoms with E-state index in [0.29, 0.717) is 5.75 Å². The Morgan fingerprint density at radius 2 is 2.42 bits per heavy atom. The third kappa shape index (κ3) is 2.49. The zero-order chi connectivity index (χ0) is 13.2. The van der Waals surface area contributed by atoms with Crippen molar-refractivity contribution in [3.63, 3.8) is 0 Å². The Morgan fingerprint density at radius 3 is 3.16 bits per heavy atom. The van der Waals surface area contributed by atoms with Gasteiger partial charge in [0.2, 0.25) is 0 Å². The van der Waals surface area contributed by atoms with Crippen LogP contribution in [-0.4, -0.2) is 23.7 Å². The minimum Gasteiger partial charge on any atom is -0.561 e. The second-order valence-electron chi connectivity index (χ2n) is 4.12. The van der Waals surface area contributed by atoms with Gasteiger partial charge in [0, 0.05) is 11.3 Å². The van der Waals surface area contributed by atoms with E-state index in [4.69, 9.17) is 9.76 Å². The van der Waals surface area contributed by atoms with Crippen LogP contribution in [0.4, 0.5) is 0 Å². The summed E-state index contributed by atoms with van der Waals surface area (Å²) in [7, 11) is 1.68. The first kappa shape index (κ1) is 12.2. The Hall–Kier alpha value is -1.80. The number of carboxylic acid groups (broad SMARTS) is 1. The van der Waals surface area contributed by atoms with Crippen molar-refractivity contribution in [1.29, 1.82) is 0 Å². The van der Waals surface area contributed by atoms with Crippen LogP contribution >= 0.6 is 11.8 Å². The fraction of sp³-hybridized carbons (Fsp3) is 0.182. The highest BCUT2D eigenvalue weighted by molar-refractivity contribution is 8.04. The average Bonchev–Trinajstić information content (AvgIpc) is 2.90. The summed E-state index contributed by atoms with van der Waals surface area (Å²) in [5, 5.41) is 10.2. The van der Waals surface area contributed by atoms with Gasteiger partial charge in [-0.1, -0.05) is 12.1 Å². The van der Waals surface area contributed by atoms with E-state index in [1.54, 1.807) is 31.4 Å². The number of hydrogen-bond donors (Lipinski definition) is 4. The molecule has 8 heteroatoms. The van der Waals surface area contributed by atoms with Crippen LogP contribution in [0.3, 0.4) is 0 Å². The Morgan fingerprint density at radius 1 is 1.53 bits per heavy atom. The summed E-state index contributed by atoms with van der Waals surface area (Å²) in [5.74, 6) is -0.513. The molecule has 1 radical (unpaired) electrons. The number of rotatable bonds is 3. The lowest BCUT2D eigenvalue weighted by molar-refractivity contribution is 0.0694. The number of nitrogens with one attached hydrogen (secondary N) is 3. The lowest BCUT2D eigenvalue weighted by Crippen LogP contribution is -2.33. The number of hydrogen-bond acceptors (Lipinski definition) is 6. The quantitative estimate of drug-likeness (QED) is 0.595. The lowest BCUT2D eigenvalue weighted by Gasteiger charge is -2.24. The first-order chi connectivity index (χ1) is 9.24. The molecule has 2 aliphatic heterocycles. The van der Waals surface area contributed by atoms with E-state index in [2.05, 4.69) is 16.4 Å². The predicted molar refractivity (Wildman–Crippen MR) is 72.4 cm³/mol. The Labute approximate surface area is 114 Å². The van der Waals surface area contributed by atoms with Gasteiger partial charge < -0.3 is 15.2 Å². The normalized spacial score (nSPS) is 20.2. The van der Waals surface area contributed by atoms with Crippen LogP contribution in [0.1, 0.15) is 15.9 Å². The summed E-state index contributed by atoms with van der Waals surface area (Å²) >= 11 is 1.60. The van der Waals surface area contributed by atoms with Gasteiger partial charge in [-0.2, -0.15) is 5.53 Å². The van der Waals surface area contributed by atoms with Crippen molar-refractivity contribution in [2.45, 2.75) is 11.6 Å². The highest BCUT2D eigenvalue weighted by Gasteiger charge is 2.27. The van der Waals surface area contributed by atoms with Gasteiger partial charge in [-0.15, -0.1) is 11.8 Å². The molecular formula is C11H11BN3O3S. The number of aromatic carboxylic acids is 1. The van der Waals surface area contributed by atoms with Crippen molar-refractivity contribution in [2.75, 3.05) is 0 Å². The van der Waals surface area contributed by atoms with E-state index < -0.39 is 5.97 Å². The summed E-state index contributed by atoms with van der Waals surface area (Å²) in [6.45, 7) is 0. The topological polar surface area (TPSA) is 82.6 Å². The molecule has 97 valence electrons. The number of thioether (sulfide) groups is 1. The third-order valence-corrected chi connectivity index (χ3v) is 3.88. The molecule has 0 bridgehead atoms. The maximum atomic E-state index is 11.1. The molecule has 0 aromatic heterocycles. The molecule has 1 aromatic rings. The molecule has 0 amide bonds. The van der Waals surface area contributed by atoms with Crippen molar-refractivity contribution in [3.05, 3.63) is 40.6 Å². The Bertz CT molecular complexity index is 552. The predicted octanol–water partition coefficient (Wildman–Crippen LogP) is 0.409. The van der Waals surface area contributed by atoms with E-state index >= 15 is 0 Å². The van der Waals surface area contributed by atoms with Gasteiger partial charge in [0.1, 0.15) is 10.8 Å². The largest absolute Gasteiger partial charge is 0.561 e. The smallest absolute Gasteiger partial charge is 0.384 e. The lowest BCUT2D eigenvalue weighted by atomic mass is 9.84. The third-order valence-electron chi connectivity index (χ3n) is 2.83. The number of carboxylic acids is 1. The van der Waals surface area contributed by atoms with Gasteiger partial charge in [-0.3, -0.25) is 5.43 Å². The van der Waals surface area contributed by atoms with Crippen molar-refractivity contribution < 1.29 is 14.6 Å². The van der Waals surface area contributed by atoms with Gasteiger partial charge in [-0.05, 0) is 18.1 Å². The van der Waals surface area contributed by atoms with Gasteiger partial charge in [-0.25, -0.2) is 4.79 Å². The van der Waals surface area contributed by atoms with Gasteiger partial charge in [0.15, 0.2) is 0 Å². The van der Waals surface area contributed by atoms with Crippen LogP contribution in [0.2, 0.25) is 0 Å². The van der Waals surface area contributed by atoms with E-state index in [1.807, 2.05) is 12.3 Å². The molecule has 0 saturated heterocycles. The maximum Gasteiger partial charge on any atom is 0.384 e. The van der Waals surface area contributed by atoms with Crippen molar-refractivity contribution in [3.8, 4) is 5.75 Å². The highest BCUT2D eigenvalue weighted by atomic mass is 32.2. The monoisotopic (exact) mass is 276 g/mol. The van der Waals surface area contributed by atoms with Crippen molar-refractivity contribution in [1.82, 2.24) is 16.4 Å². The fourth-order valence-corrected chi connectivity index (χ4v) is 2.93. The SMILES string of the molecule is O=C(O)c1cccc2c1O[B]C(SC1=CNNN1)C2. The number of benzene rings is 1. The van der Waals surface area contributed by atoms with Crippen LogP contribution in [-0.2, 0) is 6.42 Å². The summed E-state index contributed by atoms with van der Waals surface area (Å²) in [5.41, 5.74) is 9.66. The molecule has 19 heavy (non-hydrogen) atoms. The van der Waals surface area contributed by atoms with Crippen LogP contribution in [0.15, 0.2) is 29.4 Å². The van der Waals surface area contributed by atoms with Gasteiger partial charge in [0.25, 0.3) is 0 Å². The Kier molecular flexibility index (Phi) is 3.26. The minimum absolute atomic E-state index is 0.136. The zero-order valence-electron chi connectivity index (χ0n) is 9.84. The molecule has 1 unspecified atom stereocenters. The van der Waals surface area contributed by atoms with Crippen LogP contribution in [0.5, 0.6) is 5.75 Å². The standard InChI is InChI=1S/C11H11BN3O3S/c16-11(17)7-3-1-2-6-4-8(12-18-10(6)7)19-9-5-13-15-14-9/h1-3,5,8,13-15H,4H2,(H,16,17). The van der Waals surface area contributed by atoms with Gasteiger partial charge in [0.05, 0.1) is 5.56 Å². The number of para-hydroxylation sites is 1. The molecule has 6 nitrogen and oxygen atoms in total. The summed E-state index contributed by atoms with van der Waals surface area (Å²) in [6.07, 6.45) is 2.56. The average molecular weight is 276 g/mol. The van der Waals surface area contributed by atoms with Crippen LogP contribution < -0.4 is 21.0 Å². The van der Waals surface area contributed by atoms with Crippen LogP contribution in [0.25, 0.3) is 0 Å². The molecule has 1 aromatic carbocycles. The minimum atomic E-state index is -0.968. The molecule has 2 aliphatic rings. The number of hydrazine groups is 2. The first-order valence-corrected chi connectivity index (χ1v) is 6.60. The Balaban J connectivity index is 1.77.